The summed E-state index contributed by atoms with van der Waals surface area (Å²) in [5.74, 6) is -0.448. The second-order valence-corrected chi connectivity index (χ2v) is 13.2. The van der Waals surface area contributed by atoms with Gasteiger partial charge in [0.1, 0.15) is 6.10 Å². The molecular formula is C30H41NO7S. The molecule has 0 spiro atoms. The molecule has 0 bridgehead atoms. The lowest BCUT2D eigenvalue weighted by Gasteiger charge is -2.30. The number of fused-ring (bicyclic) bond motifs is 1. The molecule has 1 aliphatic heterocycles. The molecule has 1 heterocycles. The van der Waals surface area contributed by atoms with Crippen LogP contribution in [0.2, 0.25) is 0 Å². The van der Waals surface area contributed by atoms with Gasteiger partial charge in [-0.15, -0.1) is 0 Å². The molecule has 0 radical (unpaired) electrons. The lowest BCUT2D eigenvalue weighted by molar-refractivity contribution is -0.151. The van der Waals surface area contributed by atoms with Crippen molar-refractivity contribution < 1.29 is 32.9 Å². The Morgan fingerprint density at radius 3 is 2.41 bits per heavy atom. The van der Waals surface area contributed by atoms with E-state index in [1.165, 1.54) is 16.4 Å². The van der Waals surface area contributed by atoms with Gasteiger partial charge in [0.15, 0.2) is 0 Å². The SMILES string of the molecule is CC(C)CN(C[C@@H](O)[C@@H](CC(=O)O[C@@H]1C[C@@H]2CCO[C@@H]2C1)Cc1ccccc1)S(=O)(=O)c1ccc(CO)cc1. The van der Waals surface area contributed by atoms with Gasteiger partial charge in [0.05, 0.1) is 30.1 Å². The van der Waals surface area contributed by atoms with Crippen LogP contribution >= 0.6 is 0 Å². The van der Waals surface area contributed by atoms with E-state index < -0.39 is 22.0 Å². The first kappa shape index (κ1) is 29.7. The lowest BCUT2D eigenvalue weighted by Crippen LogP contribution is -2.43. The molecular weight excluding hydrogens is 518 g/mol. The van der Waals surface area contributed by atoms with Crippen LogP contribution in [0.3, 0.4) is 0 Å². The number of esters is 1. The van der Waals surface area contributed by atoms with Crippen molar-refractivity contribution in [2.45, 2.75) is 75.8 Å². The third-order valence-corrected chi connectivity index (χ3v) is 9.57. The number of rotatable bonds is 13. The maximum absolute atomic E-state index is 13.6. The molecule has 2 aromatic rings. The number of aliphatic hydroxyl groups is 2. The molecule has 0 aromatic heterocycles. The zero-order valence-corrected chi connectivity index (χ0v) is 23.6. The van der Waals surface area contributed by atoms with E-state index in [1.54, 1.807) is 12.1 Å². The molecule has 214 valence electrons. The number of aliphatic hydroxyl groups excluding tert-OH is 2. The lowest BCUT2D eigenvalue weighted by atomic mass is 9.90. The largest absolute Gasteiger partial charge is 0.462 e. The highest BCUT2D eigenvalue weighted by Gasteiger charge is 2.40. The van der Waals surface area contributed by atoms with Crippen LogP contribution in [0.15, 0.2) is 59.5 Å². The van der Waals surface area contributed by atoms with Crippen molar-refractivity contribution in [1.29, 1.82) is 0 Å². The highest BCUT2D eigenvalue weighted by Crippen LogP contribution is 2.37. The topological polar surface area (TPSA) is 113 Å². The number of hydrogen-bond acceptors (Lipinski definition) is 7. The zero-order chi connectivity index (χ0) is 28.0. The van der Waals surface area contributed by atoms with E-state index in [1.807, 2.05) is 44.2 Å². The van der Waals surface area contributed by atoms with E-state index >= 15 is 0 Å². The maximum Gasteiger partial charge on any atom is 0.306 e. The highest BCUT2D eigenvalue weighted by atomic mass is 32.2. The van der Waals surface area contributed by atoms with E-state index in [0.717, 1.165) is 25.0 Å². The summed E-state index contributed by atoms with van der Waals surface area (Å²) in [5.41, 5.74) is 1.57. The number of hydrogen-bond donors (Lipinski definition) is 2. The zero-order valence-electron chi connectivity index (χ0n) is 22.8. The molecule has 2 aliphatic rings. The predicted molar refractivity (Wildman–Crippen MR) is 147 cm³/mol. The molecule has 39 heavy (non-hydrogen) atoms. The summed E-state index contributed by atoms with van der Waals surface area (Å²) >= 11 is 0. The van der Waals surface area contributed by atoms with Gasteiger partial charge in [-0.3, -0.25) is 4.79 Å². The number of sulfonamides is 1. The minimum absolute atomic E-state index is 0.0104. The van der Waals surface area contributed by atoms with E-state index in [4.69, 9.17) is 9.47 Å². The summed E-state index contributed by atoms with van der Waals surface area (Å²) in [5, 5.41) is 20.7. The molecule has 1 saturated heterocycles. The van der Waals surface area contributed by atoms with Gasteiger partial charge in [0.2, 0.25) is 10.0 Å². The number of benzene rings is 2. The molecule has 2 fully saturated rings. The first-order valence-corrected chi connectivity index (χ1v) is 15.3. The summed E-state index contributed by atoms with van der Waals surface area (Å²) in [4.78, 5) is 13.1. The molecule has 8 nitrogen and oxygen atoms in total. The third kappa shape index (κ3) is 7.89. The number of carbonyl (C=O) groups is 1. The molecule has 1 aliphatic carbocycles. The normalized spacial score (nSPS) is 22.7. The van der Waals surface area contributed by atoms with Gasteiger partial charge in [0.25, 0.3) is 0 Å². The Morgan fingerprint density at radius 1 is 1.05 bits per heavy atom. The summed E-state index contributed by atoms with van der Waals surface area (Å²) < 4.78 is 40.0. The quantitative estimate of drug-likeness (QED) is 0.361. The Kier molecular flexibility index (Phi) is 10.2. The standard InChI is InChI=1S/C30H41NO7S/c1-21(2)18-31(39(35,36)27-10-8-23(20-32)9-11-27)19-28(33)25(14-22-6-4-3-5-7-22)16-30(34)38-26-15-24-12-13-37-29(24)17-26/h3-11,21,24-26,28-29,32-33H,12-20H2,1-2H3/t24-,25+,26+,28+,29+/m0/s1. The molecule has 0 amide bonds. The van der Waals surface area contributed by atoms with E-state index in [0.29, 0.717) is 24.3 Å². The average molecular weight is 560 g/mol. The van der Waals surface area contributed by atoms with Crippen molar-refractivity contribution in [3.8, 4) is 0 Å². The van der Waals surface area contributed by atoms with Gasteiger partial charge in [-0.1, -0.05) is 56.3 Å². The van der Waals surface area contributed by atoms with Crippen molar-refractivity contribution in [3.05, 3.63) is 65.7 Å². The van der Waals surface area contributed by atoms with Gasteiger partial charge in [-0.2, -0.15) is 4.31 Å². The molecule has 1 saturated carbocycles. The molecule has 4 rings (SSSR count). The fourth-order valence-corrected chi connectivity index (χ4v) is 7.29. The first-order valence-electron chi connectivity index (χ1n) is 13.9. The van der Waals surface area contributed by atoms with Gasteiger partial charge < -0.3 is 19.7 Å². The second kappa shape index (κ2) is 13.4. The summed E-state index contributed by atoms with van der Waals surface area (Å²) in [6.07, 6.45) is 1.80. The maximum atomic E-state index is 13.6. The molecule has 2 aromatic carbocycles. The fraction of sp³-hybridized carbons (Fsp3) is 0.567. The number of ether oxygens (including phenoxy) is 2. The Labute approximate surface area is 232 Å². The van der Waals surface area contributed by atoms with Crippen LogP contribution in [0.25, 0.3) is 0 Å². The highest BCUT2D eigenvalue weighted by molar-refractivity contribution is 7.89. The van der Waals surface area contributed by atoms with Gasteiger partial charge in [-0.25, -0.2) is 8.42 Å². The number of nitrogens with zero attached hydrogens (tertiary/aromatic N) is 1. The van der Waals surface area contributed by atoms with Crippen molar-refractivity contribution in [3.63, 3.8) is 0 Å². The van der Waals surface area contributed by atoms with Crippen LogP contribution in [-0.2, 0) is 37.3 Å². The van der Waals surface area contributed by atoms with Crippen LogP contribution in [0, 0.1) is 17.8 Å². The summed E-state index contributed by atoms with van der Waals surface area (Å²) in [6.45, 7) is 4.50. The van der Waals surface area contributed by atoms with Crippen molar-refractivity contribution in [1.82, 2.24) is 4.31 Å². The Bertz CT molecular complexity index is 1160. The van der Waals surface area contributed by atoms with Crippen molar-refractivity contribution in [2.75, 3.05) is 19.7 Å². The van der Waals surface area contributed by atoms with Gasteiger partial charge in [-0.05, 0) is 54.4 Å². The minimum atomic E-state index is -3.92. The fourth-order valence-electron chi connectivity index (χ4n) is 5.67. The molecule has 0 unspecified atom stereocenters. The Morgan fingerprint density at radius 2 is 1.77 bits per heavy atom. The third-order valence-electron chi connectivity index (χ3n) is 7.72. The second-order valence-electron chi connectivity index (χ2n) is 11.3. The van der Waals surface area contributed by atoms with Crippen molar-refractivity contribution in [2.24, 2.45) is 17.8 Å². The minimum Gasteiger partial charge on any atom is -0.462 e. The number of carbonyl (C=O) groups excluding carboxylic acids is 1. The molecule has 9 heteroatoms. The van der Waals surface area contributed by atoms with Crippen LogP contribution in [0.5, 0.6) is 0 Å². The van der Waals surface area contributed by atoms with Crippen molar-refractivity contribution >= 4 is 16.0 Å². The molecule has 2 N–H and O–H groups in total. The van der Waals surface area contributed by atoms with E-state index in [2.05, 4.69) is 0 Å². The summed E-state index contributed by atoms with van der Waals surface area (Å²) in [7, 11) is -3.92. The van der Waals surface area contributed by atoms with E-state index in [9.17, 15) is 23.4 Å². The van der Waals surface area contributed by atoms with Crippen LogP contribution < -0.4 is 0 Å². The Balaban J connectivity index is 1.49. The molecule has 5 atom stereocenters. The first-order chi connectivity index (χ1) is 18.7. The van der Waals surface area contributed by atoms with E-state index in [-0.39, 0.29) is 55.1 Å². The predicted octanol–water partition coefficient (Wildman–Crippen LogP) is 3.55. The van der Waals surface area contributed by atoms with Crippen LogP contribution in [0.4, 0.5) is 0 Å². The van der Waals surface area contributed by atoms with Crippen LogP contribution in [-0.4, -0.2) is 66.9 Å². The van der Waals surface area contributed by atoms with Crippen LogP contribution in [0.1, 0.15) is 50.7 Å². The van der Waals surface area contributed by atoms with Gasteiger partial charge >= 0.3 is 5.97 Å². The Hall–Kier alpha value is -2.30. The smallest absolute Gasteiger partial charge is 0.306 e. The average Bonchev–Trinajstić information content (AvgIpc) is 3.50. The monoisotopic (exact) mass is 559 g/mol. The van der Waals surface area contributed by atoms with Gasteiger partial charge in [0, 0.05) is 32.0 Å². The summed E-state index contributed by atoms with van der Waals surface area (Å²) in [6, 6.07) is 15.7.